The van der Waals surface area contributed by atoms with Crippen molar-refractivity contribution < 1.29 is 9.72 Å². The summed E-state index contributed by atoms with van der Waals surface area (Å²) in [6.45, 7) is 1.99. The molecule has 0 amide bonds. The summed E-state index contributed by atoms with van der Waals surface area (Å²) in [5.41, 5.74) is 9.01. The number of Topliss-reactive ketones (excluding diaryl/α,β-unsaturated/α-hetero) is 1. The second-order valence-corrected chi connectivity index (χ2v) is 9.70. The molecule has 0 fully saturated rings. The normalized spacial score (nSPS) is 18.8. The summed E-state index contributed by atoms with van der Waals surface area (Å²) in [5, 5.41) is 21.8. The number of benzene rings is 1. The van der Waals surface area contributed by atoms with E-state index in [0.717, 1.165) is 14.6 Å². The topological polar surface area (TPSA) is 113 Å². The second-order valence-electron chi connectivity index (χ2n) is 7.37. The molecule has 1 aliphatic heterocycles. The maximum Gasteiger partial charge on any atom is 0.293 e. The standard InChI is InChI=1S/C22H20N4O3S2/c1-12-10-13(22(30-2)31-12)19-14(11-23)21(24)25(17-8-5-9-18(27)20(17)19)15-6-3-4-7-16(15)26(28)29/h3-4,6-7,10,19H,5,8-9,24H2,1-2H3. The van der Waals surface area contributed by atoms with E-state index in [2.05, 4.69) is 6.07 Å². The molecule has 1 aromatic carbocycles. The number of allylic oxidation sites excluding steroid dienone is 3. The molecule has 1 atom stereocenters. The first-order valence-electron chi connectivity index (χ1n) is 9.72. The molecule has 31 heavy (non-hydrogen) atoms. The van der Waals surface area contributed by atoms with Crippen LogP contribution in [-0.4, -0.2) is 17.0 Å². The number of hydrogen-bond donors (Lipinski definition) is 1. The lowest BCUT2D eigenvalue weighted by molar-refractivity contribution is -0.384. The molecular formula is C22H20N4O3S2. The van der Waals surface area contributed by atoms with Crippen molar-refractivity contribution in [3.05, 3.63) is 73.6 Å². The van der Waals surface area contributed by atoms with Gasteiger partial charge in [0.15, 0.2) is 5.78 Å². The smallest absolute Gasteiger partial charge is 0.293 e. The number of thiophene rings is 1. The number of nitro groups is 1. The lowest BCUT2D eigenvalue weighted by atomic mass is 9.76. The molecule has 2 N–H and O–H groups in total. The minimum Gasteiger partial charge on any atom is -0.384 e. The van der Waals surface area contributed by atoms with Gasteiger partial charge in [0.05, 0.1) is 26.7 Å². The van der Waals surface area contributed by atoms with E-state index < -0.39 is 10.8 Å². The van der Waals surface area contributed by atoms with Crippen molar-refractivity contribution in [1.29, 1.82) is 5.26 Å². The number of nitro benzene ring substituents is 1. The highest BCUT2D eigenvalue weighted by molar-refractivity contribution is 8.00. The van der Waals surface area contributed by atoms with E-state index in [1.165, 1.54) is 6.07 Å². The fourth-order valence-corrected chi connectivity index (χ4v) is 6.27. The SMILES string of the molecule is CSc1sc(C)cc1C1C(C#N)=C(N)N(c2ccccc2[N+](=O)[O-])C2=C1C(=O)CCC2. The first-order valence-corrected chi connectivity index (χ1v) is 11.8. The Bertz CT molecular complexity index is 1210. The summed E-state index contributed by atoms with van der Waals surface area (Å²) in [5.74, 6) is -0.448. The fourth-order valence-electron chi connectivity index (χ4n) is 4.35. The molecule has 9 heteroatoms. The Kier molecular flexibility index (Phi) is 5.60. The van der Waals surface area contributed by atoms with E-state index in [9.17, 15) is 20.2 Å². The molecule has 0 spiro atoms. The van der Waals surface area contributed by atoms with Gasteiger partial charge in [-0.2, -0.15) is 5.26 Å². The summed E-state index contributed by atoms with van der Waals surface area (Å²) in [4.78, 5) is 27.0. The van der Waals surface area contributed by atoms with Crippen LogP contribution >= 0.6 is 23.1 Å². The van der Waals surface area contributed by atoms with Gasteiger partial charge in [-0.3, -0.25) is 19.8 Å². The first-order chi connectivity index (χ1) is 14.9. The van der Waals surface area contributed by atoms with Gasteiger partial charge in [0.2, 0.25) is 0 Å². The zero-order valence-electron chi connectivity index (χ0n) is 17.0. The predicted molar refractivity (Wildman–Crippen MR) is 122 cm³/mol. The summed E-state index contributed by atoms with van der Waals surface area (Å²) in [6, 6.07) is 10.5. The third-order valence-electron chi connectivity index (χ3n) is 5.58. The molecule has 158 valence electrons. The van der Waals surface area contributed by atoms with E-state index in [4.69, 9.17) is 5.73 Å². The molecule has 1 unspecified atom stereocenters. The number of carbonyl (C=O) groups excluding carboxylic acids is 1. The number of nitrogens with two attached hydrogens (primary N) is 1. The lowest BCUT2D eigenvalue weighted by Crippen LogP contribution is -2.39. The molecule has 2 aromatic rings. The minimum absolute atomic E-state index is 0.0361. The Morgan fingerprint density at radius 1 is 1.35 bits per heavy atom. The van der Waals surface area contributed by atoms with Crippen molar-refractivity contribution >= 4 is 40.3 Å². The van der Waals surface area contributed by atoms with Crippen LogP contribution in [0, 0.1) is 28.4 Å². The maximum atomic E-state index is 13.2. The summed E-state index contributed by atoms with van der Waals surface area (Å²) in [7, 11) is 0. The number of thioether (sulfide) groups is 1. The molecule has 1 aliphatic carbocycles. The van der Waals surface area contributed by atoms with Crippen LogP contribution in [0.2, 0.25) is 0 Å². The third-order valence-corrected chi connectivity index (χ3v) is 7.79. The van der Waals surface area contributed by atoms with Crippen LogP contribution in [0.4, 0.5) is 11.4 Å². The van der Waals surface area contributed by atoms with Crippen molar-refractivity contribution in [2.75, 3.05) is 11.2 Å². The Balaban J connectivity index is 2.03. The van der Waals surface area contributed by atoms with Crippen molar-refractivity contribution in [1.82, 2.24) is 0 Å². The maximum absolute atomic E-state index is 13.2. The zero-order valence-corrected chi connectivity index (χ0v) is 18.7. The van der Waals surface area contributed by atoms with Crippen LogP contribution in [0.3, 0.4) is 0 Å². The molecule has 2 heterocycles. The highest BCUT2D eigenvalue weighted by Crippen LogP contribution is 2.50. The number of aryl methyl sites for hydroxylation is 1. The number of nitriles is 1. The van der Waals surface area contributed by atoms with Gasteiger partial charge in [0.1, 0.15) is 11.5 Å². The quantitative estimate of drug-likeness (QED) is 0.395. The average Bonchev–Trinajstić information content (AvgIpc) is 3.13. The van der Waals surface area contributed by atoms with E-state index in [-0.39, 0.29) is 28.6 Å². The van der Waals surface area contributed by atoms with E-state index in [1.807, 2.05) is 19.2 Å². The van der Waals surface area contributed by atoms with Crippen LogP contribution < -0.4 is 10.6 Å². The van der Waals surface area contributed by atoms with Crippen LogP contribution in [0.1, 0.15) is 35.6 Å². The van der Waals surface area contributed by atoms with Gasteiger partial charge in [-0.1, -0.05) is 12.1 Å². The molecule has 0 saturated heterocycles. The molecule has 4 rings (SSSR count). The van der Waals surface area contributed by atoms with Gasteiger partial charge in [-0.25, -0.2) is 0 Å². The third kappa shape index (κ3) is 3.42. The Hall–Kier alpha value is -3.09. The Labute approximate surface area is 188 Å². The van der Waals surface area contributed by atoms with Gasteiger partial charge in [-0.15, -0.1) is 23.1 Å². The highest BCUT2D eigenvalue weighted by Gasteiger charge is 2.42. The van der Waals surface area contributed by atoms with E-state index in [0.29, 0.717) is 30.5 Å². The molecule has 7 nitrogen and oxygen atoms in total. The van der Waals surface area contributed by atoms with Gasteiger partial charge in [-0.05, 0) is 43.7 Å². The highest BCUT2D eigenvalue weighted by atomic mass is 32.2. The number of para-hydroxylation sites is 2. The van der Waals surface area contributed by atoms with Gasteiger partial charge < -0.3 is 5.73 Å². The summed E-state index contributed by atoms with van der Waals surface area (Å²) < 4.78 is 1.03. The molecule has 1 aromatic heterocycles. The lowest BCUT2D eigenvalue weighted by Gasteiger charge is -2.39. The van der Waals surface area contributed by atoms with E-state index >= 15 is 0 Å². The van der Waals surface area contributed by atoms with Crippen molar-refractivity contribution in [2.45, 2.75) is 36.3 Å². The number of rotatable bonds is 4. The largest absolute Gasteiger partial charge is 0.384 e. The van der Waals surface area contributed by atoms with Crippen LogP contribution in [0.5, 0.6) is 0 Å². The molecule has 0 radical (unpaired) electrons. The zero-order chi connectivity index (χ0) is 22.3. The molecule has 0 saturated carbocycles. The van der Waals surface area contributed by atoms with E-state index in [1.54, 1.807) is 46.2 Å². The van der Waals surface area contributed by atoms with Crippen LogP contribution in [0.25, 0.3) is 0 Å². The van der Waals surface area contributed by atoms with Crippen molar-refractivity contribution in [3.63, 3.8) is 0 Å². The van der Waals surface area contributed by atoms with Gasteiger partial charge in [0.25, 0.3) is 5.69 Å². The summed E-state index contributed by atoms with van der Waals surface area (Å²) >= 11 is 3.20. The number of carbonyl (C=O) groups is 1. The second kappa shape index (κ2) is 8.21. The van der Waals surface area contributed by atoms with Crippen molar-refractivity contribution in [3.8, 4) is 6.07 Å². The van der Waals surface area contributed by atoms with Crippen molar-refractivity contribution in [2.24, 2.45) is 5.73 Å². The first kappa shape index (κ1) is 21.2. The Morgan fingerprint density at radius 3 is 2.77 bits per heavy atom. The monoisotopic (exact) mass is 452 g/mol. The molecule has 2 aliphatic rings. The predicted octanol–water partition coefficient (Wildman–Crippen LogP) is 4.99. The van der Waals surface area contributed by atoms with Crippen LogP contribution in [0.15, 0.2) is 57.2 Å². The number of ketones is 1. The fraction of sp³-hybridized carbons (Fsp3) is 0.273. The molecular weight excluding hydrogens is 432 g/mol. The number of nitrogens with zero attached hydrogens (tertiary/aromatic N) is 3. The van der Waals surface area contributed by atoms with Gasteiger partial charge in [0, 0.05) is 28.6 Å². The summed E-state index contributed by atoms with van der Waals surface area (Å²) in [6.07, 6.45) is 3.54. The van der Waals surface area contributed by atoms with Crippen LogP contribution in [-0.2, 0) is 4.79 Å². The van der Waals surface area contributed by atoms with Gasteiger partial charge >= 0.3 is 0 Å². The Morgan fingerprint density at radius 2 is 2.10 bits per heavy atom. The number of anilines is 1. The average molecular weight is 453 g/mol. The molecule has 0 bridgehead atoms. The minimum atomic E-state index is -0.556. The number of hydrogen-bond acceptors (Lipinski definition) is 8.